The molecule has 0 aromatic heterocycles. The molecule has 1 aromatic carbocycles. The van der Waals surface area contributed by atoms with Crippen LogP contribution in [0, 0.1) is 0 Å². The molecule has 21 heavy (non-hydrogen) atoms. The quantitative estimate of drug-likeness (QED) is 0.836. The summed E-state index contributed by atoms with van der Waals surface area (Å²) in [6.07, 6.45) is 5.88. The van der Waals surface area contributed by atoms with E-state index in [1.807, 2.05) is 31.2 Å². The third-order valence-corrected chi connectivity index (χ3v) is 4.48. The Morgan fingerprint density at radius 2 is 1.71 bits per heavy atom. The summed E-state index contributed by atoms with van der Waals surface area (Å²) in [5, 5.41) is 0. The van der Waals surface area contributed by atoms with E-state index in [9.17, 15) is 4.79 Å². The van der Waals surface area contributed by atoms with Gasteiger partial charge in [-0.05, 0) is 51.2 Å². The van der Waals surface area contributed by atoms with Gasteiger partial charge in [-0.15, -0.1) is 0 Å². The monoisotopic (exact) mass is 289 g/mol. The van der Waals surface area contributed by atoms with Crippen LogP contribution < -0.4 is 9.47 Å². The van der Waals surface area contributed by atoms with E-state index in [0.29, 0.717) is 30.2 Å². The third kappa shape index (κ3) is 2.99. The molecule has 2 fully saturated rings. The first kappa shape index (κ1) is 14.2. The van der Waals surface area contributed by atoms with Crippen molar-refractivity contribution in [3.63, 3.8) is 0 Å². The Balaban J connectivity index is 1.61. The molecule has 2 atom stereocenters. The van der Waals surface area contributed by atoms with Crippen LogP contribution in [-0.4, -0.2) is 36.1 Å². The number of fused-ring (bicyclic) bond motifs is 2. The smallest absolute Gasteiger partial charge is 0.261 e. The van der Waals surface area contributed by atoms with Gasteiger partial charge in [0.05, 0.1) is 6.61 Å². The zero-order chi connectivity index (χ0) is 14.7. The van der Waals surface area contributed by atoms with Gasteiger partial charge in [-0.1, -0.05) is 12.1 Å². The molecule has 2 aliphatic rings. The lowest BCUT2D eigenvalue weighted by Crippen LogP contribution is -2.46. The van der Waals surface area contributed by atoms with Crippen LogP contribution >= 0.6 is 0 Å². The second kappa shape index (κ2) is 6.37. The van der Waals surface area contributed by atoms with E-state index in [-0.39, 0.29) is 12.5 Å². The SMILES string of the molecule is CCOc1ccccc1OCC(=O)N1C2CCCC1CC2. The lowest BCUT2D eigenvalue weighted by molar-refractivity contribution is -0.137. The van der Waals surface area contributed by atoms with Crippen molar-refractivity contribution in [2.24, 2.45) is 0 Å². The summed E-state index contributed by atoms with van der Waals surface area (Å²) in [6.45, 7) is 2.63. The van der Waals surface area contributed by atoms with Crippen LogP contribution in [0.2, 0.25) is 0 Å². The highest BCUT2D eigenvalue weighted by molar-refractivity contribution is 5.79. The van der Waals surface area contributed by atoms with Crippen molar-refractivity contribution in [2.45, 2.75) is 51.1 Å². The fraction of sp³-hybridized carbons (Fsp3) is 0.588. The van der Waals surface area contributed by atoms with Crippen LogP contribution in [0.25, 0.3) is 0 Å². The Bertz CT molecular complexity index is 487. The van der Waals surface area contributed by atoms with Gasteiger partial charge in [-0.25, -0.2) is 0 Å². The van der Waals surface area contributed by atoms with E-state index >= 15 is 0 Å². The lowest BCUT2D eigenvalue weighted by Gasteiger charge is -2.34. The fourth-order valence-electron chi connectivity index (χ4n) is 3.58. The lowest BCUT2D eigenvalue weighted by atomic mass is 10.0. The average Bonchev–Trinajstić information content (AvgIpc) is 2.76. The average molecular weight is 289 g/mol. The number of hydrogen-bond donors (Lipinski definition) is 0. The van der Waals surface area contributed by atoms with E-state index in [2.05, 4.69) is 4.90 Å². The zero-order valence-corrected chi connectivity index (χ0v) is 12.6. The van der Waals surface area contributed by atoms with Crippen molar-refractivity contribution < 1.29 is 14.3 Å². The number of benzene rings is 1. The van der Waals surface area contributed by atoms with Crippen LogP contribution in [0.5, 0.6) is 11.5 Å². The topological polar surface area (TPSA) is 38.8 Å². The van der Waals surface area contributed by atoms with Gasteiger partial charge in [0.15, 0.2) is 18.1 Å². The molecule has 2 unspecified atom stereocenters. The molecule has 2 aliphatic heterocycles. The molecular formula is C17H23NO3. The van der Waals surface area contributed by atoms with E-state index in [0.717, 1.165) is 25.7 Å². The standard InChI is InChI=1S/C17H23NO3/c1-2-20-15-8-3-4-9-16(15)21-12-17(19)18-13-6-5-7-14(18)11-10-13/h3-4,8-9,13-14H,2,5-7,10-12H2,1H3. The normalized spacial score (nSPS) is 24.0. The number of carbonyl (C=O) groups excluding carboxylic acids is 1. The minimum Gasteiger partial charge on any atom is -0.490 e. The number of piperidine rings is 1. The first-order chi connectivity index (χ1) is 10.3. The van der Waals surface area contributed by atoms with Crippen LogP contribution in [0.4, 0.5) is 0 Å². The maximum absolute atomic E-state index is 12.5. The highest BCUT2D eigenvalue weighted by Crippen LogP contribution is 2.35. The summed E-state index contributed by atoms with van der Waals surface area (Å²) in [5.41, 5.74) is 0. The molecule has 4 heteroatoms. The summed E-state index contributed by atoms with van der Waals surface area (Å²) < 4.78 is 11.2. The first-order valence-electron chi connectivity index (χ1n) is 7.95. The van der Waals surface area contributed by atoms with Crippen LogP contribution in [-0.2, 0) is 4.79 Å². The van der Waals surface area contributed by atoms with Crippen molar-refractivity contribution in [3.8, 4) is 11.5 Å². The number of para-hydroxylation sites is 2. The van der Waals surface area contributed by atoms with Crippen LogP contribution in [0.1, 0.15) is 39.0 Å². The van der Waals surface area contributed by atoms with Crippen molar-refractivity contribution in [1.29, 1.82) is 0 Å². The number of ether oxygens (including phenoxy) is 2. The van der Waals surface area contributed by atoms with Crippen molar-refractivity contribution in [3.05, 3.63) is 24.3 Å². The molecule has 0 aliphatic carbocycles. The predicted molar refractivity (Wildman–Crippen MR) is 80.6 cm³/mol. The Morgan fingerprint density at radius 3 is 2.33 bits per heavy atom. The summed E-state index contributed by atoms with van der Waals surface area (Å²) in [5.74, 6) is 1.47. The molecule has 1 aromatic rings. The van der Waals surface area contributed by atoms with E-state index in [1.54, 1.807) is 0 Å². The van der Waals surface area contributed by atoms with Gasteiger partial charge in [0, 0.05) is 12.1 Å². The highest BCUT2D eigenvalue weighted by Gasteiger charge is 2.39. The minimum atomic E-state index is 0.108. The highest BCUT2D eigenvalue weighted by atomic mass is 16.5. The molecule has 2 saturated heterocycles. The molecule has 2 bridgehead atoms. The zero-order valence-electron chi connectivity index (χ0n) is 12.6. The summed E-state index contributed by atoms with van der Waals surface area (Å²) >= 11 is 0. The van der Waals surface area contributed by atoms with Crippen molar-refractivity contribution in [2.75, 3.05) is 13.2 Å². The molecule has 3 rings (SSSR count). The molecule has 2 heterocycles. The van der Waals surface area contributed by atoms with E-state index in [1.165, 1.54) is 6.42 Å². The predicted octanol–water partition coefficient (Wildman–Crippen LogP) is 3.01. The molecular weight excluding hydrogens is 266 g/mol. The maximum Gasteiger partial charge on any atom is 0.261 e. The number of nitrogens with zero attached hydrogens (tertiary/aromatic N) is 1. The van der Waals surface area contributed by atoms with Crippen LogP contribution in [0.3, 0.4) is 0 Å². The molecule has 0 N–H and O–H groups in total. The minimum absolute atomic E-state index is 0.108. The van der Waals surface area contributed by atoms with Gasteiger partial charge in [-0.2, -0.15) is 0 Å². The van der Waals surface area contributed by atoms with Crippen molar-refractivity contribution >= 4 is 5.91 Å². The largest absolute Gasteiger partial charge is 0.490 e. The van der Waals surface area contributed by atoms with Gasteiger partial charge in [0.1, 0.15) is 0 Å². The number of amides is 1. The molecule has 0 saturated carbocycles. The summed E-state index contributed by atoms with van der Waals surface area (Å²) in [4.78, 5) is 14.5. The Kier molecular flexibility index (Phi) is 4.32. The Hall–Kier alpha value is -1.71. The second-order valence-corrected chi connectivity index (χ2v) is 5.79. The third-order valence-electron chi connectivity index (χ3n) is 4.48. The number of hydrogen-bond acceptors (Lipinski definition) is 3. The fourth-order valence-corrected chi connectivity index (χ4v) is 3.58. The first-order valence-corrected chi connectivity index (χ1v) is 7.95. The molecule has 0 radical (unpaired) electrons. The maximum atomic E-state index is 12.5. The Labute approximate surface area is 126 Å². The molecule has 114 valence electrons. The van der Waals surface area contributed by atoms with Gasteiger partial charge in [0.25, 0.3) is 5.91 Å². The van der Waals surface area contributed by atoms with Crippen LogP contribution in [0.15, 0.2) is 24.3 Å². The van der Waals surface area contributed by atoms with Gasteiger partial charge >= 0.3 is 0 Å². The van der Waals surface area contributed by atoms with Gasteiger partial charge in [0.2, 0.25) is 0 Å². The van der Waals surface area contributed by atoms with E-state index in [4.69, 9.17) is 9.47 Å². The van der Waals surface area contributed by atoms with Gasteiger partial charge in [-0.3, -0.25) is 4.79 Å². The van der Waals surface area contributed by atoms with Crippen molar-refractivity contribution in [1.82, 2.24) is 4.90 Å². The summed E-state index contributed by atoms with van der Waals surface area (Å²) in [7, 11) is 0. The Morgan fingerprint density at radius 1 is 1.10 bits per heavy atom. The van der Waals surface area contributed by atoms with Gasteiger partial charge < -0.3 is 14.4 Å². The van der Waals surface area contributed by atoms with E-state index < -0.39 is 0 Å². The number of carbonyl (C=O) groups is 1. The number of rotatable bonds is 5. The molecule has 1 amide bonds. The molecule has 4 nitrogen and oxygen atoms in total. The molecule has 0 spiro atoms. The summed E-state index contributed by atoms with van der Waals surface area (Å²) in [6, 6.07) is 8.41. The second-order valence-electron chi connectivity index (χ2n) is 5.79.